The van der Waals surface area contributed by atoms with Gasteiger partial charge in [-0.3, -0.25) is 4.79 Å². The lowest BCUT2D eigenvalue weighted by Gasteiger charge is -2.09. The summed E-state index contributed by atoms with van der Waals surface area (Å²) in [7, 11) is 0. The van der Waals surface area contributed by atoms with Crippen LogP contribution in [0.1, 0.15) is 36.6 Å². The van der Waals surface area contributed by atoms with Crippen molar-refractivity contribution in [2.45, 2.75) is 32.1 Å². The van der Waals surface area contributed by atoms with Crippen molar-refractivity contribution in [2.75, 3.05) is 0 Å². The van der Waals surface area contributed by atoms with Gasteiger partial charge in [0, 0.05) is 0 Å². The maximum Gasteiger partial charge on any atom is 0.288 e. The second kappa shape index (κ2) is 3.38. The largest absolute Gasteiger partial charge is 0.363 e. The predicted octanol–water partition coefficient (Wildman–Crippen LogP) is 0.0745. The number of amides is 1. The molecular formula is C8H12N4O2. The van der Waals surface area contributed by atoms with Crippen molar-refractivity contribution in [1.82, 2.24) is 14.8 Å². The highest BCUT2D eigenvalue weighted by atomic mass is 16.5. The first kappa shape index (κ1) is 9.14. The van der Waals surface area contributed by atoms with Crippen molar-refractivity contribution >= 4 is 5.91 Å². The van der Waals surface area contributed by atoms with E-state index in [0.717, 1.165) is 12.8 Å². The lowest BCUT2D eigenvalue weighted by Crippen LogP contribution is -2.15. The molecule has 6 heteroatoms. The Morgan fingerprint density at radius 1 is 1.71 bits per heavy atom. The summed E-state index contributed by atoms with van der Waals surface area (Å²) < 4.78 is 7.09. The van der Waals surface area contributed by atoms with Gasteiger partial charge in [-0.15, -0.1) is 5.10 Å². The Kier molecular flexibility index (Phi) is 2.20. The van der Waals surface area contributed by atoms with Crippen LogP contribution in [0.4, 0.5) is 0 Å². The first-order valence-corrected chi connectivity index (χ1v) is 4.53. The van der Waals surface area contributed by atoms with Crippen LogP contribution >= 0.6 is 0 Å². The van der Waals surface area contributed by atoms with Gasteiger partial charge in [0.2, 0.25) is 5.82 Å². The molecule has 2 rings (SSSR count). The molecule has 2 atom stereocenters. The van der Waals surface area contributed by atoms with Crippen LogP contribution in [0.2, 0.25) is 0 Å². The number of carbonyl (C=O) groups is 1. The van der Waals surface area contributed by atoms with Gasteiger partial charge >= 0.3 is 0 Å². The van der Waals surface area contributed by atoms with Crippen LogP contribution in [0.5, 0.6) is 0 Å². The average Bonchev–Trinajstić information content (AvgIpc) is 2.70. The third-order valence-corrected chi connectivity index (χ3v) is 2.23. The summed E-state index contributed by atoms with van der Waals surface area (Å²) in [6, 6.07) is 0. The molecule has 0 saturated carbocycles. The first-order chi connectivity index (χ1) is 6.66. The van der Waals surface area contributed by atoms with E-state index in [9.17, 15) is 4.79 Å². The fourth-order valence-corrected chi connectivity index (χ4v) is 1.50. The van der Waals surface area contributed by atoms with Gasteiger partial charge < -0.3 is 10.5 Å². The highest BCUT2D eigenvalue weighted by Gasteiger charge is 2.24. The van der Waals surface area contributed by atoms with E-state index >= 15 is 0 Å². The van der Waals surface area contributed by atoms with Gasteiger partial charge in [-0.05, 0) is 19.8 Å². The molecule has 2 heterocycles. The van der Waals surface area contributed by atoms with Crippen LogP contribution in [0, 0.1) is 0 Å². The molecule has 0 bridgehead atoms. The topological polar surface area (TPSA) is 83.0 Å². The zero-order valence-electron chi connectivity index (χ0n) is 7.88. The van der Waals surface area contributed by atoms with Gasteiger partial charge in [0.05, 0.1) is 6.10 Å². The van der Waals surface area contributed by atoms with Crippen molar-refractivity contribution in [3.8, 4) is 0 Å². The van der Waals surface area contributed by atoms with E-state index in [2.05, 4.69) is 10.1 Å². The lowest BCUT2D eigenvalue weighted by molar-refractivity contribution is 0.00291. The number of carbonyl (C=O) groups excluding carboxylic acids is 1. The van der Waals surface area contributed by atoms with E-state index in [-0.39, 0.29) is 18.2 Å². The number of ether oxygens (including phenoxy) is 1. The molecule has 1 saturated heterocycles. The Balaban J connectivity index is 2.13. The summed E-state index contributed by atoms with van der Waals surface area (Å²) in [5, 5.41) is 3.93. The molecule has 6 nitrogen and oxygen atoms in total. The van der Waals surface area contributed by atoms with Gasteiger partial charge in [0.1, 0.15) is 6.33 Å². The van der Waals surface area contributed by atoms with Crippen molar-refractivity contribution in [3.05, 3.63) is 12.2 Å². The number of nitrogens with two attached hydrogens (primary N) is 1. The Labute approximate surface area is 81.1 Å². The van der Waals surface area contributed by atoms with Gasteiger partial charge in [-0.1, -0.05) is 0 Å². The normalized spacial score (nSPS) is 26.6. The van der Waals surface area contributed by atoms with Gasteiger partial charge in [-0.25, -0.2) is 9.67 Å². The summed E-state index contributed by atoms with van der Waals surface area (Å²) in [5.74, 6) is -0.581. The fourth-order valence-electron chi connectivity index (χ4n) is 1.50. The number of hydrogen-bond donors (Lipinski definition) is 1. The van der Waals surface area contributed by atoms with E-state index in [1.165, 1.54) is 6.33 Å². The summed E-state index contributed by atoms with van der Waals surface area (Å²) in [6.45, 7) is 2.01. The van der Waals surface area contributed by atoms with E-state index in [1.807, 2.05) is 6.92 Å². The summed E-state index contributed by atoms with van der Waals surface area (Å²) in [4.78, 5) is 14.5. The number of nitrogens with zero attached hydrogens (tertiary/aromatic N) is 3. The number of aromatic nitrogens is 3. The predicted molar refractivity (Wildman–Crippen MR) is 47.4 cm³/mol. The van der Waals surface area contributed by atoms with Crippen LogP contribution in [0.25, 0.3) is 0 Å². The molecule has 1 amide bonds. The molecule has 76 valence electrons. The molecule has 0 spiro atoms. The maximum atomic E-state index is 10.7. The smallest absolute Gasteiger partial charge is 0.288 e. The van der Waals surface area contributed by atoms with Gasteiger partial charge in [0.15, 0.2) is 6.23 Å². The molecule has 1 fully saturated rings. The van der Waals surface area contributed by atoms with E-state index < -0.39 is 5.91 Å². The van der Waals surface area contributed by atoms with Crippen LogP contribution in [0.3, 0.4) is 0 Å². The molecule has 1 aromatic rings. The molecule has 0 unspecified atom stereocenters. The molecule has 0 aromatic carbocycles. The SMILES string of the molecule is C[C@@H]1CC[C@H](n2cnc(C(N)=O)n2)O1. The van der Waals surface area contributed by atoms with Crippen LogP contribution < -0.4 is 5.73 Å². The Morgan fingerprint density at radius 2 is 2.50 bits per heavy atom. The summed E-state index contributed by atoms with van der Waals surface area (Å²) >= 11 is 0. The molecule has 0 aliphatic carbocycles. The average molecular weight is 196 g/mol. The fraction of sp³-hybridized carbons (Fsp3) is 0.625. The molecular weight excluding hydrogens is 184 g/mol. The lowest BCUT2D eigenvalue weighted by atomic mass is 10.2. The third kappa shape index (κ3) is 1.60. The molecule has 1 aliphatic rings. The number of hydrogen-bond acceptors (Lipinski definition) is 4. The van der Waals surface area contributed by atoms with Crippen LogP contribution in [-0.4, -0.2) is 26.8 Å². The van der Waals surface area contributed by atoms with E-state index in [0.29, 0.717) is 0 Å². The van der Waals surface area contributed by atoms with Crippen LogP contribution in [-0.2, 0) is 4.74 Å². The quantitative estimate of drug-likeness (QED) is 0.725. The van der Waals surface area contributed by atoms with Crippen molar-refractivity contribution in [3.63, 3.8) is 0 Å². The zero-order chi connectivity index (χ0) is 10.1. The second-order valence-corrected chi connectivity index (χ2v) is 3.39. The zero-order valence-corrected chi connectivity index (χ0v) is 7.88. The summed E-state index contributed by atoms with van der Waals surface area (Å²) in [5.41, 5.74) is 5.03. The Hall–Kier alpha value is -1.43. The van der Waals surface area contributed by atoms with E-state index in [1.54, 1.807) is 4.68 Å². The minimum atomic E-state index is -0.616. The van der Waals surface area contributed by atoms with Crippen molar-refractivity contribution in [1.29, 1.82) is 0 Å². The monoisotopic (exact) mass is 196 g/mol. The standard InChI is InChI=1S/C8H12N4O2/c1-5-2-3-6(14-5)12-4-10-8(11-12)7(9)13/h4-6H,2-3H2,1H3,(H2,9,13)/t5-,6-/m1/s1. The Morgan fingerprint density at radius 3 is 3.00 bits per heavy atom. The van der Waals surface area contributed by atoms with Crippen molar-refractivity contribution < 1.29 is 9.53 Å². The second-order valence-electron chi connectivity index (χ2n) is 3.39. The molecule has 2 N–H and O–H groups in total. The summed E-state index contributed by atoms with van der Waals surface area (Å²) in [6.07, 6.45) is 3.49. The van der Waals surface area contributed by atoms with E-state index in [4.69, 9.17) is 10.5 Å². The minimum absolute atomic E-state index is 0.0353. The third-order valence-electron chi connectivity index (χ3n) is 2.23. The number of primary amides is 1. The highest BCUT2D eigenvalue weighted by molar-refractivity contribution is 5.88. The molecule has 1 aliphatic heterocycles. The Bertz CT molecular complexity index is 349. The van der Waals surface area contributed by atoms with Gasteiger partial charge in [0.25, 0.3) is 5.91 Å². The number of rotatable bonds is 2. The minimum Gasteiger partial charge on any atom is -0.363 e. The first-order valence-electron chi connectivity index (χ1n) is 4.53. The molecule has 1 aromatic heterocycles. The van der Waals surface area contributed by atoms with Crippen molar-refractivity contribution in [2.24, 2.45) is 5.73 Å². The highest BCUT2D eigenvalue weighted by Crippen LogP contribution is 2.26. The maximum absolute atomic E-state index is 10.7. The van der Waals surface area contributed by atoms with Crippen LogP contribution in [0.15, 0.2) is 6.33 Å². The molecule has 14 heavy (non-hydrogen) atoms. The van der Waals surface area contributed by atoms with Gasteiger partial charge in [-0.2, -0.15) is 0 Å². The molecule has 0 radical (unpaired) electrons.